The highest BCUT2D eigenvalue weighted by molar-refractivity contribution is 6.07. The molecule has 6 atom stereocenters. The number of hydrogen-bond donors (Lipinski definition) is 0. The molecule has 0 aromatic rings. The molecule has 152 valence electrons. The Hall–Kier alpha value is -1.91. The molecule has 4 aliphatic carbocycles. The zero-order valence-electron chi connectivity index (χ0n) is 17.2. The minimum Gasteiger partial charge on any atom is -0.462 e. The van der Waals surface area contributed by atoms with Crippen molar-refractivity contribution < 1.29 is 23.9 Å². The summed E-state index contributed by atoms with van der Waals surface area (Å²) in [5, 5.41) is 0. The van der Waals surface area contributed by atoms with Crippen molar-refractivity contribution in [3.05, 3.63) is 23.3 Å². The van der Waals surface area contributed by atoms with Crippen LogP contribution in [0.4, 0.5) is 0 Å². The van der Waals surface area contributed by atoms with Gasteiger partial charge in [0.05, 0.1) is 0 Å². The van der Waals surface area contributed by atoms with E-state index in [1.54, 1.807) is 12.2 Å². The third kappa shape index (κ3) is 2.85. The summed E-state index contributed by atoms with van der Waals surface area (Å²) in [6.45, 7) is 7.07. The van der Waals surface area contributed by atoms with E-state index >= 15 is 0 Å². The summed E-state index contributed by atoms with van der Waals surface area (Å²) in [7, 11) is 0. The van der Waals surface area contributed by atoms with E-state index in [0.29, 0.717) is 11.8 Å². The summed E-state index contributed by atoms with van der Waals surface area (Å²) in [5.74, 6) is 0.648. The summed E-state index contributed by atoms with van der Waals surface area (Å²) in [4.78, 5) is 36.1. The van der Waals surface area contributed by atoms with Crippen molar-refractivity contribution in [2.24, 2.45) is 23.2 Å². The Morgan fingerprint density at radius 1 is 1.07 bits per heavy atom. The number of allylic oxidation sites excluding steroid dienone is 2. The normalized spacial score (nSPS) is 41.8. The van der Waals surface area contributed by atoms with Crippen molar-refractivity contribution >= 4 is 17.7 Å². The van der Waals surface area contributed by atoms with Gasteiger partial charge in [-0.3, -0.25) is 14.4 Å². The number of ether oxygens (including phenoxy) is 2. The van der Waals surface area contributed by atoms with Crippen LogP contribution in [0, 0.1) is 23.2 Å². The van der Waals surface area contributed by atoms with Crippen molar-refractivity contribution in [2.75, 3.05) is 0 Å². The number of carbonyl (C=O) groups is 3. The topological polar surface area (TPSA) is 69.7 Å². The van der Waals surface area contributed by atoms with Crippen molar-refractivity contribution in [2.45, 2.75) is 77.9 Å². The van der Waals surface area contributed by atoms with Crippen molar-refractivity contribution in [1.82, 2.24) is 0 Å². The lowest BCUT2D eigenvalue weighted by Gasteiger charge is -2.52. The first-order chi connectivity index (χ1) is 13.2. The van der Waals surface area contributed by atoms with Crippen LogP contribution in [0.1, 0.15) is 66.2 Å². The minimum atomic E-state index is -0.809. The number of ketones is 1. The summed E-state index contributed by atoms with van der Waals surface area (Å²) < 4.78 is 11.3. The molecule has 0 N–H and O–H groups in total. The van der Waals surface area contributed by atoms with E-state index in [-0.39, 0.29) is 35.2 Å². The van der Waals surface area contributed by atoms with E-state index < -0.39 is 5.60 Å². The van der Waals surface area contributed by atoms with Crippen LogP contribution in [0.15, 0.2) is 23.3 Å². The summed E-state index contributed by atoms with van der Waals surface area (Å²) in [6.07, 6.45) is 8.93. The fourth-order valence-corrected chi connectivity index (χ4v) is 6.73. The van der Waals surface area contributed by atoms with Gasteiger partial charge < -0.3 is 9.47 Å². The Morgan fingerprint density at radius 3 is 2.50 bits per heavy atom. The predicted molar refractivity (Wildman–Crippen MR) is 103 cm³/mol. The van der Waals surface area contributed by atoms with Crippen LogP contribution in [0.3, 0.4) is 0 Å². The van der Waals surface area contributed by atoms with Gasteiger partial charge in [-0.2, -0.15) is 0 Å². The van der Waals surface area contributed by atoms with Gasteiger partial charge in [0.15, 0.2) is 5.78 Å². The first-order valence-corrected chi connectivity index (χ1v) is 10.5. The van der Waals surface area contributed by atoms with Crippen molar-refractivity contribution in [1.29, 1.82) is 0 Å². The third-order valence-corrected chi connectivity index (χ3v) is 7.86. The summed E-state index contributed by atoms with van der Waals surface area (Å²) >= 11 is 0. The zero-order valence-corrected chi connectivity index (χ0v) is 17.2. The van der Waals surface area contributed by atoms with Crippen LogP contribution >= 0.6 is 0 Å². The van der Waals surface area contributed by atoms with Gasteiger partial charge in [-0.1, -0.05) is 6.92 Å². The molecular formula is C23H30O5. The minimum absolute atomic E-state index is 0.00234. The maximum absolute atomic E-state index is 12.9. The Morgan fingerprint density at radius 2 is 1.82 bits per heavy atom. The molecule has 4 rings (SSSR count). The molecule has 0 aliphatic heterocycles. The molecule has 0 aromatic carbocycles. The molecule has 0 heterocycles. The molecule has 0 aromatic heterocycles. The monoisotopic (exact) mass is 386 g/mol. The Kier molecular flexibility index (Phi) is 4.55. The zero-order chi connectivity index (χ0) is 20.3. The number of carbonyl (C=O) groups excluding carboxylic acids is 3. The van der Waals surface area contributed by atoms with Gasteiger partial charge in [0.25, 0.3) is 0 Å². The number of fused-ring (bicyclic) bond motifs is 4. The van der Waals surface area contributed by atoms with Gasteiger partial charge in [0.1, 0.15) is 11.7 Å². The molecule has 4 aliphatic rings. The fourth-order valence-electron chi connectivity index (χ4n) is 6.73. The van der Waals surface area contributed by atoms with Crippen LogP contribution in [0.25, 0.3) is 0 Å². The van der Waals surface area contributed by atoms with E-state index in [2.05, 4.69) is 6.92 Å². The second-order valence-electron chi connectivity index (χ2n) is 9.43. The lowest BCUT2D eigenvalue weighted by molar-refractivity contribution is -0.155. The number of esters is 2. The van der Waals surface area contributed by atoms with Gasteiger partial charge in [-0.05, 0) is 80.9 Å². The van der Waals surface area contributed by atoms with E-state index in [0.717, 1.165) is 49.7 Å². The van der Waals surface area contributed by atoms with Crippen molar-refractivity contribution in [3.63, 3.8) is 0 Å². The molecule has 0 amide bonds. The van der Waals surface area contributed by atoms with Crippen LogP contribution in [0.2, 0.25) is 0 Å². The van der Waals surface area contributed by atoms with Gasteiger partial charge in [-0.15, -0.1) is 0 Å². The van der Waals surface area contributed by atoms with Crippen molar-refractivity contribution in [3.8, 4) is 0 Å². The summed E-state index contributed by atoms with van der Waals surface area (Å²) in [6, 6.07) is 0. The van der Waals surface area contributed by atoms with Gasteiger partial charge >= 0.3 is 11.9 Å². The third-order valence-electron chi connectivity index (χ3n) is 7.86. The lowest BCUT2D eigenvalue weighted by atomic mass is 9.53. The molecular weight excluding hydrogens is 356 g/mol. The molecule has 2 fully saturated rings. The van der Waals surface area contributed by atoms with E-state index in [9.17, 15) is 14.4 Å². The quantitative estimate of drug-likeness (QED) is 0.673. The summed E-state index contributed by atoms with van der Waals surface area (Å²) in [5.41, 5.74) is 1.07. The second kappa shape index (κ2) is 6.57. The van der Waals surface area contributed by atoms with E-state index in [1.165, 1.54) is 13.8 Å². The molecule has 0 bridgehead atoms. The SMILES string of the molecule is CC(=O)O[C@H]1CC[C@H]2[C@@H]3CCC4=C(C(=O)C=CC4(C)OC(C)=O)[C@H]3CC[C@]12C. The van der Waals surface area contributed by atoms with Crippen LogP contribution < -0.4 is 0 Å². The highest BCUT2D eigenvalue weighted by Gasteiger charge is 2.58. The average Bonchev–Trinajstić information content (AvgIpc) is 2.93. The molecule has 0 spiro atoms. The Labute approximate surface area is 166 Å². The Balaban J connectivity index is 1.66. The molecule has 0 saturated heterocycles. The molecule has 1 unspecified atom stereocenters. The largest absolute Gasteiger partial charge is 0.462 e. The first kappa shape index (κ1) is 19.4. The molecule has 0 radical (unpaired) electrons. The Bertz CT molecular complexity index is 793. The molecule has 5 heteroatoms. The highest BCUT2D eigenvalue weighted by atomic mass is 16.6. The lowest BCUT2D eigenvalue weighted by Crippen LogP contribution is -2.48. The first-order valence-electron chi connectivity index (χ1n) is 10.5. The number of rotatable bonds is 2. The highest BCUT2D eigenvalue weighted by Crippen LogP contribution is 2.61. The molecule has 28 heavy (non-hydrogen) atoms. The standard InChI is InChI=1S/C23H30O5/c1-13(24)27-20-8-7-17-15-5-6-18-21(16(15)9-11-22(17,20)3)19(26)10-12-23(18,4)28-14(2)25/h10,12,15-17,20H,5-9,11H2,1-4H3/t15-,16+,17+,20+,22+,23?/m1/s1. The van der Waals surface area contributed by atoms with E-state index in [4.69, 9.17) is 9.47 Å². The van der Waals surface area contributed by atoms with Gasteiger partial charge in [-0.25, -0.2) is 0 Å². The molecule has 2 saturated carbocycles. The number of hydrogen-bond acceptors (Lipinski definition) is 5. The second-order valence-corrected chi connectivity index (χ2v) is 9.43. The fraction of sp³-hybridized carbons (Fsp3) is 0.696. The van der Waals surface area contributed by atoms with Crippen LogP contribution in [-0.2, 0) is 23.9 Å². The predicted octanol–water partition coefficient (Wildman–Crippen LogP) is 3.91. The van der Waals surface area contributed by atoms with Gasteiger partial charge in [0, 0.05) is 24.8 Å². The van der Waals surface area contributed by atoms with Crippen LogP contribution in [0.5, 0.6) is 0 Å². The average molecular weight is 386 g/mol. The van der Waals surface area contributed by atoms with Crippen LogP contribution in [-0.4, -0.2) is 29.4 Å². The van der Waals surface area contributed by atoms with Gasteiger partial charge in [0.2, 0.25) is 0 Å². The smallest absolute Gasteiger partial charge is 0.303 e. The van der Waals surface area contributed by atoms with E-state index in [1.807, 2.05) is 6.92 Å². The maximum Gasteiger partial charge on any atom is 0.303 e. The molecule has 5 nitrogen and oxygen atoms in total. The maximum atomic E-state index is 12.9.